The van der Waals surface area contributed by atoms with E-state index in [1.807, 2.05) is 13.8 Å². The Morgan fingerprint density at radius 3 is 1.00 bits per heavy atom. The maximum atomic E-state index is 10.3. The molecule has 0 aromatic rings. The van der Waals surface area contributed by atoms with E-state index in [0.29, 0.717) is 12.8 Å². The molecule has 0 aromatic heterocycles. The standard InChI is InChI=1S/2C8H16O2.C6H14.Zn/c2*1-3-5-6-7(4-2)8(9)10;1-3-5-6-4-2;/h2*7H,3-6H2,1-2H3,(H,9,10);3-6H2,1-2H3;/q;;;+2/p-2. The van der Waals surface area contributed by atoms with Crippen molar-refractivity contribution in [3.05, 3.63) is 0 Å². The van der Waals surface area contributed by atoms with E-state index >= 15 is 0 Å². The van der Waals surface area contributed by atoms with E-state index in [2.05, 4.69) is 27.7 Å². The summed E-state index contributed by atoms with van der Waals surface area (Å²) in [5.74, 6) is -2.23. The van der Waals surface area contributed by atoms with E-state index in [1.165, 1.54) is 25.7 Å². The molecule has 0 radical (unpaired) electrons. The van der Waals surface area contributed by atoms with E-state index in [-0.39, 0.29) is 31.3 Å². The first-order chi connectivity index (χ1) is 12.4. The predicted octanol–water partition coefficient (Wildman–Crippen LogP) is 4.49. The van der Waals surface area contributed by atoms with Gasteiger partial charge in [-0.15, -0.1) is 0 Å². The van der Waals surface area contributed by atoms with Crippen LogP contribution in [0.4, 0.5) is 0 Å². The topological polar surface area (TPSA) is 80.3 Å². The van der Waals surface area contributed by atoms with Crippen molar-refractivity contribution < 1.29 is 39.3 Å². The van der Waals surface area contributed by atoms with Crippen LogP contribution < -0.4 is 10.2 Å². The molecule has 0 saturated heterocycles. The van der Waals surface area contributed by atoms with Crippen LogP contribution in [0.2, 0.25) is 0 Å². The van der Waals surface area contributed by atoms with Gasteiger partial charge in [0, 0.05) is 11.9 Å². The number of carbonyl (C=O) groups excluding carboxylic acids is 2. The van der Waals surface area contributed by atoms with Gasteiger partial charge < -0.3 is 19.8 Å². The molecule has 158 valence electrons. The maximum absolute atomic E-state index is 10.3. The molecule has 0 aliphatic rings. The molecule has 2 atom stereocenters. The molecule has 0 fully saturated rings. The Morgan fingerprint density at radius 1 is 0.593 bits per heavy atom. The Balaban J connectivity index is -0.000000149. The molecule has 0 bridgehead atoms. The van der Waals surface area contributed by atoms with Gasteiger partial charge in [0.2, 0.25) is 0 Å². The summed E-state index contributed by atoms with van der Waals surface area (Å²) in [6.07, 6.45) is 12.6. The molecule has 0 aliphatic carbocycles. The zero-order chi connectivity index (χ0) is 20.8. The largest absolute Gasteiger partial charge is 2.00 e. The van der Waals surface area contributed by atoms with Gasteiger partial charge in [-0.25, -0.2) is 0 Å². The minimum Gasteiger partial charge on any atom is -0.550 e. The summed E-state index contributed by atoms with van der Waals surface area (Å²) in [6.45, 7) is 12.3. The van der Waals surface area contributed by atoms with Crippen LogP contribution in [-0.2, 0) is 29.1 Å². The van der Waals surface area contributed by atoms with Crippen LogP contribution in [0.15, 0.2) is 0 Å². The third kappa shape index (κ3) is 27.9. The summed E-state index contributed by atoms with van der Waals surface area (Å²) in [5.41, 5.74) is 0. The number of unbranched alkanes of at least 4 members (excludes halogenated alkanes) is 5. The van der Waals surface area contributed by atoms with Gasteiger partial charge in [-0.05, 0) is 37.5 Å². The molecule has 2 unspecified atom stereocenters. The van der Waals surface area contributed by atoms with Crippen LogP contribution >= 0.6 is 0 Å². The number of hydrogen-bond acceptors (Lipinski definition) is 4. The fraction of sp³-hybridized carbons (Fsp3) is 0.909. The summed E-state index contributed by atoms with van der Waals surface area (Å²) in [4.78, 5) is 20.7. The monoisotopic (exact) mass is 436 g/mol. The number of hydrogen-bond donors (Lipinski definition) is 0. The first-order valence-electron chi connectivity index (χ1n) is 10.8. The summed E-state index contributed by atoms with van der Waals surface area (Å²) in [5, 5.41) is 20.7. The summed E-state index contributed by atoms with van der Waals surface area (Å²) < 4.78 is 0. The fourth-order valence-corrected chi connectivity index (χ4v) is 2.38. The normalized spacial score (nSPS) is 11.6. The first-order valence-corrected chi connectivity index (χ1v) is 10.8. The van der Waals surface area contributed by atoms with Crippen LogP contribution in [0.3, 0.4) is 0 Å². The van der Waals surface area contributed by atoms with Gasteiger partial charge in [-0.3, -0.25) is 0 Å². The van der Waals surface area contributed by atoms with E-state index in [1.54, 1.807) is 0 Å². The van der Waals surface area contributed by atoms with E-state index in [0.717, 1.165) is 38.5 Å². The van der Waals surface area contributed by atoms with Crippen molar-refractivity contribution in [3.63, 3.8) is 0 Å². The van der Waals surface area contributed by atoms with Crippen LogP contribution in [0.1, 0.15) is 119 Å². The molecular formula is C22H44O4Zn. The minimum absolute atomic E-state index is 0. The fourth-order valence-electron chi connectivity index (χ4n) is 2.38. The number of carboxylic acids is 2. The van der Waals surface area contributed by atoms with Crippen molar-refractivity contribution in [1.82, 2.24) is 0 Å². The maximum Gasteiger partial charge on any atom is 2.00 e. The van der Waals surface area contributed by atoms with Gasteiger partial charge in [-0.2, -0.15) is 0 Å². The molecular weight excluding hydrogens is 394 g/mol. The Hall–Kier alpha value is -0.437. The average Bonchev–Trinajstić information content (AvgIpc) is 2.62. The summed E-state index contributed by atoms with van der Waals surface area (Å²) in [6, 6.07) is 0. The average molecular weight is 438 g/mol. The van der Waals surface area contributed by atoms with Crippen molar-refractivity contribution in [2.24, 2.45) is 11.8 Å². The van der Waals surface area contributed by atoms with Crippen molar-refractivity contribution >= 4 is 11.9 Å². The Labute approximate surface area is 181 Å². The molecule has 5 heteroatoms. The Bertz CT molecular complexity index is 279. The number of carbonyl (C=O) groups is 2. The smallest absolute Gasteiger partial charge is 0.550 e. The molecule has 4 nitrogen and oxygen atoms in total. The van der Waals surface area contributed by atoms with Gasteiger partial charge in [-0.1, -0.05) is 92.9 Å². The molecule has 0 spiro atoms. The Kier molecular flexibility index (Phi) is 35.1. The summed E-state index contributed by atoms with van der Waals surface area (Å²) >= 11 is 0. The van der Waals surface area contributed by atoms with Gasteiger partial charge >= 0.3 is 19.5 Å². The van der Waals surface area contributed by atoms with Gasteiger partial charge in [0.15, 0.2) is 0 Å². The van der Waals surface area contributed by atoms with Crippen molar-refractivity contribution in [3.8, 4) is 0 Å². The van der Waals surface area contributed by atoms with Gasteiger partial charge in [0.25, 0.3) is 0 Å². The van der Waals surface area contributed by atoms with E-state index < -0.39 is 11.9 Å². The summed E-state index contributed by atoms with van der Waals surface area (Å²) in [7, 11) is 0. The van der Waals surface area contributed by atoms with Crippen LogP contribution in [0.5, 0.6) is 0 Å². The first kappa shape index (κ1) is 34.1. The predicted molar refractivity (Wildman–Crippen MR) is 106 cm³/mol. The number of aliphatic carboxylic acids is 2. The van der Waals surface area contributed by atoms with Crippen molar-refractivity contribution in [2.75, 3.05) is 0 Å². The molecule has 27 heavy (non-hydrogen) atoms. The second-order valence-electron chi connectivity index (χ2n) is 6.84. The number of carboxylic acid groups (broad SMARTS) is 2. The quantitative estimate of drug-likeness (QED) is 0.314. The van der Waals surface area contributed by atoms with Crippen LogP contribution in [0, 0.1) is 11.8 Å². The molecule has 0 heterocycles. The SMILES string of the molecule is CCCCC(CC)C(=O)[O-].CCCCC(CC)C(=O)[O-].CCCCCC.[Zn+2]. The van der Waals surface area contributed by atoms with Crippen molar-refractivity contribution in [1.29, 1.82) is 0 Å². The molecule has 0 saturated carbocycles. The van der Waals surface area contributed by atoms with E-state index in [9.17, 15) is 19.8 Å². The van der Waals surface area contributed by atoms with Crippen LogP contribution in [0.25, 0.3) is 0 Å². The van der Waals surface area contributed by atoms with Gasteiger partial charge in [0.1, 0.15) is 0 Å². The molecule has 0 amide bonds. The Morgan fingerprint density at radius 2 is 0.852 bits per heavy atom. The third-order valence-electron chi connectivity index (χ3n) is 4.42. The molecule has 0 rings (SSSR count). The van der Waals surface area contributed by atoms with Crippen LogP contribution in [-0.4, -0.2) is 11.9 Å². The van der Waals surface area contributed by atoms with Gasteiger partial charge in [0.05, 0.1) is 0 Å². The zero-order valence-corrected chi connectivity index (χ0v) is 21.9. The third-order valence-corrected chi connectivity index (χ3v) is 4.42. The molecule has 0 aromatic carbocycles. The minimum atomic E-state index is -0.893. The molecule has 0 N–H and O–H groups in total. The van der Waals surface area contributed by atoms with Crippen molar-refractivity contribution in [2.45, 2.75) is 119 Å². The van der Waals surface area contributed by atoms with E-state index in [4.69, 9.17) is 0 Å². The second-order valence-corrected chi connectivity index (χ2v) is 6.84. The second kappa shape index (κ2) is 27.8. The zero-order valence-electron chi connectivity index (χ0n) is 19.0. The number of rotatable bonds is 13. The molecule has 0 aliphatic heterocycles.